The van der Waals surface area contributed by atoms with Gasteiger partial charge in [0.25, 0.3) is 0 Å². The fraction of sp³-hybridized carbons (Fsp3) is 0.576. The lowest BCUT2D eigenvalue weighted by molar-refractivity contribution is -0.121. The van der Waals surface area contributed by atoms with Crippen molar-refractivity contribution in [3.63, 3.8) is 0 Å². The molecule has 2 aromatic carbocycles. The minimum atomic E-state index is -0.0455. The van der Waals surface area contributed by atoms with E-state index in [0.717, 1.165) is 24.0 Å². The van der Waals surface area contributed by atoms with Gasteiger partial charge in [-0.3, -0.25) is 4.79 Å². The number of carbonyl (C=O) groups is 1. The van der Waals surface area contributed by atoms with Gasteiger partial charge in [0.15, 0.2) is 11.5 Å². The summed E-state index contributed by atoms with van der Waals surface area (Å²) in [6, 6.07) is 13.1. The van der Waals surface area contributed by atoms with Crippen LogP contribution in [0.3, 0.4) is 0 Å². The van der Waals surface area contributed by atoms with Gasteiger partial charge in [-0.1, -0.05) is 121 Å². The zero-order chi connectivity index (χ0) is 28.0. The maximum absolute atomic E-state index is 12.1. The van der Waals surface area contributed by atoms with Crippen molar-refractivity contribution in [2.45, 2.75) is 116 Å². The van der Waals surface area contributed by atoms with Crippen LogP contribution in [0.5, 0.6) is 11.5 Å². The molecule has 0 atom stereocenters. The molecule has 2 aromatic rings. The highest BCUT2D eigenvalue weighted by Gasteiger charge is 2.06. The second-order valence-electron chi connectivity index (χ2n) is 10.3. The van der Waals surface area contributed by atoms with E-state index in [1.54, 1.807) is 13.3 Å². The molecule has 0 aliphatic rings. The fourth-order valence-corrected chi connectivity index (χ4v) is 4.64. The van der Waals surface area contributed by atoms with Gasteiger partial charge in [-0.2, -0.15) is 5.10 Å². The summed E-state index contributed by atoms with van der Waals surface area (Å²) < 4.78 is 11.4. The molecule has 0 aliphatic heterocycles. The number of ether oxygens (including phenoxy) is 2. The highest BCUT2D eigenvalue weighted by molar-refractivity contribution is 6.30. The molecule has 1 N–H and O–H groups in total. The SMILES string of the molecule is CCCCCCCCCCCCCCCCCC(=O)NN=Cc1ccc(OCc2ccc(Cl)cc2)c(OC)c1. The van der Waals surface area contributed by atoms with Crippen LogP contribution < -0.4 is 14.9 Å². The molecule has 0 aliphatic carbocycles. The van der Waals surface area contributed by atoms with E-state index < -0.39 is 0 Å². The van der Waals surface area contributed by atoms with Crippen molar-refractivity contribution >= 4 is 23.7 Å². The number of unbranched alkanes of at least 4 members (excludes halogenated alkanes) is 14. The van der Waals surface area contributed by atoms with Crippen molar-refractivity contribution in [3.8, 4) is 11.5 Å². The summed E-state index contributed by atoms with van der Waals surface area (Å²) in [5.74, 6) is 1.20. The third-order valence-electron chi connectivity index (χ3n) is 6.91. The first kappa shape index (κ1) is 32.7. The van der Waals surface area contributed by atoms with Crippen LogP contribution in [-0.2, 0) is 11.4 Å². The summed E-state index contributed by atoms with van der Waals surface area (Å²) >= 11 is 5.94. The Morgan fingerprint density at radius 1 is 0.795 bits per heavy atom. The number of benzene rings is 2. The van der Waals surface area contributed by atoms with Gasteiger partial charge in [0.1, 0.15) is 6.61 Å². The standard InChI is InChI=1S/C33H49ClN2O3/c1-3-4-5-6-7-8-9-10-11-12-13-14-15-16-17-18-33(37)36-35-26-29-21-24-31(32(25-29)38-2)39-27-28-19-22-30(34)23-20-28/h19-26H,3-18,27H2,1-2H3,(H,36,37). The Hall–Kier alpha value is -2.53. The Bertz CT molecular complexity index is 946. The largest absolute Gasteiger partial charge is 0.493 e. The average molecular weight is 557 g/mol. The molecule has 0 bridgehead atoms. The van der Waals surface area contributed by atoms with Crippen molar-refractivity contribution in [3.05, 3.63) is 58.6 Å². The quantitative estimate of drug-likeness (QED) is 0.0891. The van der Waals surface area contributed by atoms with Gasteiger partial charge >= 0.3 is 0 Å². The maximum Gasteiger partial charge on any atom is 0.240 e. The predicted octanol–water partition coefficient (Wildman–Crippen LogP) is 9.64. The van der Waals surface area contributed by atoms with Gasteiger partial charge in [0.2, 0.25) is 5.91 Å². The lowest BCUT2D eigenvalue weighted by atomic mass is 10.0. The molecule has 0 unspecified atom stereocenters. The summed E-state index contributed by atoms with van der Waals surface area (Å²) in [5, 5.41) is 4.80. The van der Waals surface area contributed by atoms with Crippen molar-refractivity contribution in [1.29, 1.82) is 0 Å². The van der Waals surface area contributed by atoms with E-state index in [1.807, 2.05) is 42.5 Å². The van der Waals surface area contributed by atoms with E-state index in [-0.39, 0.29) is 5.91 Å². The highest BCUT2D eigenvalue weighted by atomic mass is 35.5. The van der Waals surface area contributed by atoms with Gasteiger partial charge in [0, 0.05) is 11.4 Å². The van der Waals surface area contributed by atoms with Gasteiger partial charge < -0.3 is 9.47 Å². The third-order valence-corrected chi connectivity index (χ3v) is 7.16. The van der Waals surface area contributed by atoms with E-state index in [4.69, 9.17) is 21.1 Å². The smallest absolute Gasteiger partial charge is 0.240 e. The first-order valence-electron chi connectivity index (χ1n) is 15.0. The molecule has 0 heterocycles. The number of nitrogens with zero attached hydrogens (tertiary/aromatic N) is 1. The maximum atomic E-state index is 12.1. The predicted molar refractivity (Wildman–Crippen MR) is 164 cm³/mol. The molecule has 6 heteroatoms. The number of hydrazone groups is 1. The van der Waals surface area contributed by atoms with Crippen LogP contribution >= 0.6 is 11.6 Å². The zero-order valence-corrected chi connectivity index (χ0v) is 24.9. The molecule has 0 aromatic heterocycles. The second kappa shape index (κ2) is 21.3. The molecule has 39 heavy (non-hydrogen) atoms. The lowest BCUT2D eigenvalue weighted by Gasteiger charge is -2.11. The molecule has 1 amide bonds. The Kier molecular flexibility index (Phi) is 17.9. The Morgan fingerprint density at radius 2 is 1.36 bits per heavy atom. The number of rotatable bonds is 22. The summed E-state index contributed by atoms with van der Waals surface area (Å²) in [5.41, 5.74) is 4.47. The second-order valence-corrected chi connectivity index (χ2v) is 10.8. The number of carbonyl (C=O) groups excluding carboxylic acids is 1. The summed E-state index contributed by atoms with van der Waals surface area (Å²) in [6.45, 7) is 2.69. The van der Waals surface area contributed by atoms with Crippen LogP contribution in [0.4, 0.5) is 0 Å². The average Bonchev–Trinajstić information content (AvgIpc) is 2.95. The molecule has 5 nitrogen and oxygen atoms in total. The van der Waals surface area contributed by atoms with Crippen LogP contribution in [0, 0.1) is 0 Å². The molecule has 0 saturated carbocycles. The number of hydrogen-bond donors (Lipinski definition) is 1. The van der Waals surface area contributed by atoms with Crippen LogP contribution in [0.1, 0.15) is 121 Å². The minimum absolute atomic E-state index is 0.0455. The minimum Gasteiger partial charge on any atom is -0.493 e. The van der Waals surface area contributed by atoms with Gasteiger partial charge in [0.05, 0.1) is 13.3 Å². The van der Waals surface area contributed by atoms with E-state index in [9.17, 15) is 4.79 Å². The van der Waals surface area contributed by atoms with Gasteiger partial charge in [-0.25, -0.2) is 5.43 Å². The molecule has 0 spiro atoms. The topological polar surface area (TPSA) is 59.9 Å². The Balaban J connectivity index is 1.51. The van der Waals surface area contributed by atoms with Crippen LogP contribution in [0.25, 0.3) is 0 Å². The molecular formula is C33H49ClN2O3. The monoisotopic (exact) mass is 556 g/mol. The third kappa shape index (κ3) is 15.6. The van der Waals surface area contributed by atoms with Crippen LogP contribution in [0.2, 0.25) is 5.02 Å². The van der Waals surface area contributed by atoms with E-state index >= 15 is 0 Å². The molecule has 0 saturated heterocycles. The molecular weight excluding hydrogens is 508 g/mol. The summed E-state index contributed by atoms with van der Waals surface area (Å²) in [7, 11) is 1.60. The molecule has 2 rings (SSSR count). The lowest BCUT2D eigenvalue weighted by Crippen LogP contribution is -2.16. The Morgan fingerprint density at radius 3 is 1.92 bits per heavy atom. The van der Waals surface area contributed by atoms with E-state index in [2.05, 4.69) is 17.5 Å². The molecule has 0 radical (unpaired) electrons. The summed E-state index contributed by atoms with van der Waals surface area (Å²) in [4.78, 5) is 12.1. The number of amides is 1. The molecule has 216 valence electrons. The number of halogens is 1. The number of nitrogens with one attached hydrogen (secondary N) is 1. The first-order valence-corrected chi connectivity index (χ1v) is 15.4. The van der Waals surface area contributed by atoms with Crippen molar-refractivity contribution < 1.29 is 14.3 Å². The van der Waals surface area contributed by atoms with E-state index in [0.29, 0.717) is 29.5 Å². The normalized spacial score (nSPS) is 11.2. The Labute approximate surface area is 241 Å². The van der Waals surface area contributed by atoms with Crippen molar-refractivity contribution in [2.75, 3.05) is 7.11 Å². The van der Waals surface area contributed by atoms with Crippen LogP contribution in [-0.4, -0.2) is 19.2 Å². The van der Waals surface area contributed by atoms with Crippen LogP contribution in [0.15, 0.2) is 47.6 Å². The van der Waals surface area contributed by atoms with Crippen molar-refractivity contribution in [1.82, 2.24) is 5.43 Å². The molecule has 0 fully saturated rings. The number of hydrogen-bond acceptors (Lipinski definition) is 4. The zero-order valence-electron chi connectivity index (χ0n) is 24.2. The van der Waals surface area contributed by atoms with E-state index in [1.165, 1.54) is 83.5 Å². The van der Waals surface area contributed by atoms with Gasteiger partial charge in [-0.15, -0.1) is 0 Å². The van der Waals surface area contributed by atoms with Crippen molar-refractivity contribution in [2.24, 2.45) is 5.10 Å². The number of methoxy groups -OCH3 is 1. The summed E-state index contributed by atoms with van der Waals surface area (Å²) in [6.07, 6.45) is 21.9. The first-order chi connectivity index (χ1) is 19.1. The fourth-order valence-electron chi connectivity index (χ4n) is 4.52. The highest BCUT2D eigenvalue weighted by Crippen LogP contribution is 2.28. The van der Waals surface area contributed by atoms with Gasteiger partial charge in [-0.05, 0) is 47.9 Å².